The number of hydrogen-bond acceptors (Lipinski definition) is 3. The summed E-state index contributed by atoms with van der Waals surface area (Å²) in [4.78, 5) is 4.48. The van der Waals surface area contributed by atoms with Gasteiger partial charge >= 0.3 is 0 Å². The number of thiazole rings is 1. The van der Waals surface area contributed by atoms with Crippen LogP contribution in [0.15, 0.2) is 23.7 Å². The van der Waals surface area contributed by atoms with E-state index in [1.54, 1.807) is 5.38 Å². The molecular weight excluding hydrogens is 238 g/mol. The molecule has 0 aromatic carbocycles. The fourth-order valence-electron chi connectivity index (χ4n) is 1.10. The minimum Gasteiger partial charge on any atom is -0.388 e. The topological polar surface area (TPSA) is 43.8 Å². The quantitative estimate of drug-likeness (QED) is 0.823. The maximum Gasteiger partial charge on any atom is 0.195 e. The molecule has 2 aromatic heterocycles. The lowest BCUT2D eigenvalue weighted by molar-refractivity contribution is 1.04. The SMILES string of the molecule is NC(=S)c1cccn1-c1nc(Cl)cs1. The van der Waals surface area contributed by atoms with Crippen LogP contribution in [-0.2, 0) is 0 Å². The van der Waals surface area contributed by atoms with Crippen molar-refractivity contribution in [3.63, 3.8) is 0 Å². The van der Waals surface area contributed by atoms with E-state index in [0.717, 1.165) is 10.8 Å². The smallest absolute Gasteiger partial charge is 0.195 e. The first-order chi connectivity index (χ1) is 6.68. The van der Waals surface area contributed by atoms with E-state index in [1.807, 2.05) is 22.9 Å². The van der Waals surface area contributed by atoms with E-state index in [2.05, 4.69) is 4.98 Å². The molecular formula is C8H6ClN3S2. The molecule has 0 radical (unpaired) electrons. The number of aromatic nitrogens is 2. The molecule has 6 heteroatoms. The summed E-state index contributed by atoms with van der Waals surface area (Å²) >= 11 is 12.1. The van der Waals surface area contributed by atoms with Crippen LogP contribution in [-0.4, -0.2) is 14.5 Å². The summed E-state index contributed by atoms with van der Waals surface area (Å²) in [7, 11) is 0. The van der Waals surface area contributed by atoms with Crippen LogP contribution in [0.25, 0.3) is 5.13 Å². The van der Waals surface area contributed by atoms with Gasteiger partial charge in [0, 0.05) is 11.6 Å². The fraction of sp³-hybridized carbons (Fsp3) is 0. The van der Waals surface area contributed by atoms with Crippen LogP contribution < -0.4 is 5.73 Å². The van der Waals surface area contributed by atoms with Crippen molar-refractivity contribution in [2.45, 2.75) is 0 Å². The summed E-state index contributed by atoms with van der Waals surface area (Å²) < 4.78 is 1.82. The van der Waals surface area contributed by atoms with E-state index in [0.29, 0.717) is 10.1 Å². The van der Waals surface area contributed by atoms with Gasteiger partial charge < -0.3 is 5.73 Å². The molecule has 0 aliphatic heterocycles. The van der Waals surface area contributed by atoms with Crippen molar-refractivity contribution in [1.29, 1.82) is 0 Å². The number of nitrogens with two attached hydrogens (primary N) is 1. The second-order valence-electron chi connectivity index (χ2n) is 2.58. The zero-order chi connectivity index (χ0) is 10.1. The summed E-state index contributed by atoms with van der Waals surface area (Å²) in [6, 6.07) is 3.71. The van der Waals surface area contributed by atoms with Gasteiger partial charge in [0.25, 0.3) is 0 Å². The van der Waals surface area contributed by atoms with E-state index >= 15 is 0 Å². The zero-order valence-electron chi connectivity index (χ0n) is 6.98. The summed E-state index contributed by atoms with van der Waals surface area (Å²) in [5.74, 6) is 0. The molecule has 3 nitrogen and oxygen atoms in total. The van der Waals surface area contributed by atoms with Gasteiger partial charge in [-0.1, -0.05) is 23.8 Å². The van der Waals surface area contributed by atoms with Gasteiger partial charge in [-0.25, -0.2) is 4.98 Å². The Bertz CT molecular complexity index is 474. The Balaban J connectivity index is 2.51. The van der Waals surface area contributed by atoms with Gasteiger partial charge in [-0.3, -0.25) is 4.57 Å². The van der Waals surface area contributed by atoms with Crippen molar-refractivity contribution >= 4 is 40.1 Å². The lowest BCUT2D eigenvalue weighted by atomic mass is 10.4. The summed E-state index contributed by atoms with van der Waals surface area (Å²) in [6.07, 6.45) is 1.85. The minimum absolute atomic E-state index is 0.348. The van der Waals surface area contributed by atoms with E-state index in [9.17, 15) is 0 Å². The Morgan fingerprint density at radius 1 is 1.64 bits per heavy atom. The highest BCUT2D eigenvalue weighted by Gasteiger charge is 2.08. The van der Waals surface area contributed by atoms with Crippen molar-refractivity contribution < 1.29 is 0 Å². The molecule has 2 rings (SSSR count). The van der Waals surface area contributed by atoms with Gasteiger partial charge in [0.2, 0.25) is 0 Å². The number of hydrogen-bond donors (Lipinski definition) is 1. The van der Waals surface area contributed by atoms with Crippen LogP contribution in [0.2, 0.25) is 5.15 Å². The highest BCUT2D eigenvalue weighted by Crippen LogP contribution is 2.20. The van der Waals surface area contributed by atoms with Gasteiger partial charge in [0.05, 0.1) is 5.69 Å². The molecule has 2 aromatic rings. The summed E-state index contributed by atoms with van der Waals surface area (Å²) in [6.45, 7) is 0. The molecule has 0 spiro atoms. The molecule has 0 aliphatic carbocycles. The second kappa shape index (κ2) is 3.68. The minimum atomic E-state index is 0.348. The van der Waals surface area contributed by atoms with Gasteiger partial charge in [-0.15, -0.1) is 11.3 Å². The molecule has 0 amide bonds. The van der Waals surface area contributed by atoms with Gasteiger partial charge in [-0.2, -0.15) is 0 Å². The molecule has 14 heavy (non-hydrogen) atoms. The lowest BCUT2D eigenvalue weighted by Gasteiger charge is -2.02. The van der Waals surface area contributed by atoms with Crippen molar-refractivity contribution in [2.24, 2.45) is 5.73 Å². The van der Waals surface area contributed by atoms with Crippen LogP contribution in [0.5, 0.6) is 0 Å². The number of thiocarbonyl (C=S) groups is 1. The monoisotopic (exact) mass is 243 g/mol. The third kappa shape index (κ3) is 1.66. The van der Waals surface area contributed by atoms with E-state index < -0.39 is 0 Å². The predicted molar refractivity (Wildman–Crippen MR) is 62.3 cm³/mol. The van der Waals surface area contributed by atoms with Gasteiger partial charge in [0.15, 0.2) is 5.13 Å². The number of halogens is 1. The van der Waals surface area contributed by atoms with Gasteiger partial charge in [0.1, 0.15) is 10.1 Å². The van der Waals surface area contributed by atoms with Crippen molar-refractivity contribution in [3.8, 4) is 5.13 Å². The largest absolute Gasteiger partial charge is 0.388 e. The maximum atomic E-state index is 5.73. The Labute approximate surface area is 95.1 Å². The Kier molecular flexibility index (Phi) is 2.54. The first-order valence-corrected chi connectivity index (χ1v) is 5.43. The molecule has 0 bridgehead atoms. The molecule has 72 valence electrons. The molecule has 0 aliphatic rings. The molecule has 0 saturated carbocycles. The first-order valence-electron chi connectivity index (χ1n) is 3.77. The Morgan fingerprint density at radius 2 is 2.43 bits per heavy atom. The Morgan fingerprint density at radius 3 is 3.00 bits per heavy atom. The highest BCUT2D eigenvalue weighted by atomic mass is 35.5. The summed E-state index contributed by atoms with van der Waals surface area (Å²) in [5, 5.41) is 3.01. The summed E-state index contributed by atoms with van der Waals surface area (Å²) in [5.41, 5.74) is 6.33. The molecule has 2 N–H and O–H groups in total. The highest BCUT2D eigenvalue weighted by molar-refractivity contribution is 7.80. The number of nitrogens with zero attached hydrogens (tertiary/aromatic N) is 2. The zero-order valence-corrected chi connectivity index (χ0v) is 9.36. The Hall–Kier alpha value is -0.910. The van der Waals surface area contributed by atoms with Crippen molar-refractivity contribution in [2.75, 3.05) is 0 Å². The van der Waals surface area contributed by atoms with Gasteiger partial charge in [-0.05, 0) is 12.1 Å². The second-order valence-corrected chi connectivity index (χ2v) is 4.24. The van der Waals surface area contributed by atoms with Crippen LogP contribution in [0.3, 0.4) is 0 Å². The lowest BCUT2D eigenvalue weighted by Crippen LogP contribution is -2.14. The van der Waals surface area contributed by atoms with Crippen molar-refractivity contribution in [1.82, 2.24) is 9.55 Å². The predicted octanol–water partition coefficient (Wildman–Crippen LogP) is 2.22. The average molecular weight is 244 g/mol. The standard InChI is InChI=1S/C8H6ClN3S2/c9-6-4-14-8(11-6)12-3-1-2-5(12)7(10)13/h1-4H,(H2,10,13). The molecule has 0 unspecified atom stereocenters. The fourth-order valence-corrected chi connectivity index (χ4v) is 2.21. The van der Waals surface area contributed by atoms with Crippen LogP contribution in [0.1, 0.15) is 5.69 Å². The third-order valence-corrected chi connectivity index (χ3v) is 3.04. The molecule has 2 heterocycles. The van der Waals surface area contributed by atoms with Crippen LogP contribution in [0, 0.1) is 0 Å². The molecule has 0 saturated heterocycles. The normalized spacial score (nSPS) is 10.4. The van der Waals surface area contributed by atoms with E-state index in [4.69, 9.17) is 29.6 Å². The van der Waals surface area contributed by atoms with Crippen molar-refractivity contribution in [3.05, 3.63) is 34.6 Å². The average Bonchev–Trinajstić information content (AvgIpc) is 2.70. The van der Waals surface area contributed by atoms with E-state index in [1.165, 1.54) is 11.3 Å². The first kappa shape index (κ1) is 9.64. The van der Waals surface area contributed by atoms with Crippen LogP contribution >= 0.6 is 35.2 Å². The third-order valence-electron chi connectivity index (χ3n) is 1.67. The number of rotatable bonds is 2. The molecule has 0 atom stereocenters. The van der Waals surface area contributed by atoms with E-state index in [-0.39, 0.29) is 0 Å². The molecule has 0 fully saturated rings. The maximum absolute atomic E-state index is 5.73. The van der Waals surface area contributed by atoms with Crippen LogP contribution in [0.4, 0.5) is 0 Å².